The van der Waals surface area contributed by atoms with Crippen molar-refractivity contribution in [2.45, 2.75) is 13.0 Å². The minimum Gasteiger partial charge on any atom is -0.399 e. The first-order valence-electron chi connectivity index (χ1n) is 6.13. The van der Waals surface area contributed by atoms with Crippen molar-refractivity contribution >= 4 is 17.4 Å². The third-order valence-corrected chi connectivity index (χ3v) is 2.79. The molecule has 98 valence electrons. The molecule has 0 aliphatic carbocycles. The average Bonchev–Trinajstić information content (AvgIpc) is 2.39. The molecule has 0 saturated heterocycles. The largest absolute Gasteiger partial charge is 0.399 e. The normalized spacial score (nSPS) is 11.6. The first-order valence-corrected chi connectivity index (χ1v) is 6.13. The zero-order valence-corrected chi connectivity index (χ0v) is 10.8. The van der Waals surface area contributed by atoms with Crippen LogP contribution in [0.3, 0.4) is 0 Å². The van der Waals surface area contributed by atoms with Crippen LogP contribution >= 0.6 is 0 Å². The zero-order valence-electron chi connectivity index (χ0n) is 10.8. The van der Waals surface area contributed by atoms with Crippen molar-refractivity contribution in [2.75, 3.05) is 11.1 Å². The molecule has 0 fully saturated rings. The lowest BCUT2D eigenvalue weighted by molar-refractivity contribution is 0.249. The Morgan fingerprint density at radius 1 is 1.11 bits per heavy atom. The molecule has 4 heteroatoms. The summed E-state index contributed by atoms with van der Waals surface area (Å²) in [5, 5.41) is 5.63. The number of carbonyl (C=O) groups excluding carboxylic acids is 1. The van der Waals surface area contributed by atoms with Crippen LogP contribution in [-0.4, -0.2) is 6.03 Å². The molecule has 0 aliphatic heterocycles. The molecule has 4 N–H and O–H groups in total. The summed E-state index contributed by atoms with van der Waals surface area (Å²) < 4.78 is 0. The molecule has 0 saturated carbocycles. The molecule has 2 rings (SSSR count). The van der Waals surface area contributed by atoms with E-state index in [0.29, 0.717) is 11.4 Å². The second-order valence-electron chi connectivity index (χ2n) is 4.36. The summed E-state index contributed by atoms with van der Waals surface area (Å²) in [7, 11) is 0. The summed E-state index contributed by atoms with van der Waals surface area (Å²) in [5.74, 6) is 0. The SMILES string of the molecule is C[C@@H](NC(=O)Nc1cccc(N)c1)c1ccccc1. The van der Waals surface area contributed by atoms with Crippen molar-refractivity contribution in [1.82, 2.24) is 5.32 Å². The van der Waals surface area contributed by atoms with Gasteiger partial charge >= 0.3 is 6.03 Å². The fraction of sp³-hybridized carbons (Fsp3) is 0.133. The van der Waals surface area contributed by atoms with E-state index in [0.717, 1.165) is 5.56 Å². The van der Waals surface area contributed by atoms with Gasteiger partial charge in [0, 0.05) is 11.4 Å². The highest BCUT2D eigenvalue weighted by Crippen LogP contribution is 2.13. The maximum atomic E-state index is 11.8. The Bertz CT molecular complexity index is 554. The van der Waals surface area contributed by atoms with Crippen LogP contribution in [0, 0.1) is 0 Å². The molecule has 0 radical (unpaired) electrons. The summed E-state index contributed by atoms with van der Waals surface area (Å²) in [5.41, 5.74) is 8.01. The van der Waals surface area contributed by atoms with Crippen molar-refractivity contribution in [3.05, 3.63) is 60.2 Å². The van der Waals surface area contributed by atoms with Crippen LogP contribution in [0.1, 0.15) is 18.5 Å². The molecule has 0 bridgehead atoms. The molecule has 2 aromatic carbocycles. The lowest BCUT2D eigenvalue weighted by Gasteiger charge is -2.15. The van der Waals surface area contributed by atoms with Crippen molar-refractivity contribution in [2.24, 2.45) is 0 Å². The van der Waals surface area contributed by atoms with Crippen LogP contribution < -0.4 is 16.4 Å². The predicted octanol–water partition coefficient (Wildman–Crippen LogP) is 3.15. The van der Waals surface area contributed by atoms with Gasteiger partial charge in [-0.1, -0.05) is 36.4 Å². The van der Waals surface area contributed by atoms with Crippen LogP contribution in [0.2, 0.25) is 0 Å². The Labute approximate surface area is 112 Å². The van der Waals surface area contributed by atoms with Gasteiger partial charge in [-0.05, 0) is 30.7 Å². The molecule has 2 aromatic rings. The van der Waals surface area contributed by atoms with Crippen LogP contribution in [-0.2, 0) is 0 Å². The highest BCUT2D eigenvalue weighted by atomic mass is 16.2. The summed E-state index contributed by atoms with van der Waals surface area (Å²) in [6.07, 6.45) is 0. The average molecular weight is 255 g/mol. The molecule has 4 nitrogen and oxygen atoms in total. The first-order chi connectivity index (χ1) is 9.15. The van der Waals surface area contributed by atoms with Crippen LogP contribution in [0.4, 0.5) is 16.2 Å². The van der Waals surface area contributed by atoms with Gasteiger partial charge in [-0.25, -0.2) is 4.79 Å². The van der Waals surface area contributed by atoms with E-state index in [4.69, 9.17) is 5.73 Å². The Hall–Kier alpha value is -2.49. The maximum absolute atomic E-state index is 11.8. The van der Waals surface area contributed by atoms with Crippen LogP contribution in [0.15, 0.2) is 54.6 Å². The van der Waals surface area contributed by atoms with Gasteiger partial charge in [-0.15, -0.1) is 0 Å². The number of nitrogens with two attached hydrogens (primary N) is 1. The smallest absolute Gasteiger partial charge is 0.319 e. The minimum absolute atomic E-state index is 0.0535. The number of rotatable bonds is 3. The Morgan fingerprint density at radius 3 is 2.53 bits per heavy atom. The molecule has 0 aliphatic rings. The number of hydrogen-bond donors (Lipinski definition) is 3. The van der Waals surface area contributed by atoms with Gasteiger partial charge in [0.2, 0.25) is 0 Å². The topological polar surface area (TPSA) is 67.2 Å². The monoisotopic (exact) mass is 255 g/mol. The van der Waals surface area contributed by atoms with Crippen molar-refractivity contribution in [1.29, 1.82) is 0 Å². The van der Waals surface area contributed by atoms with Gasteiger partial charge in [0.05, 0.1) is 6.04 Å². The van der Waals surface area contributed by atoms with E-state index in [9.17, 15) is 4.79 Å². The van der Waals surface area contributed by atoms with E-state index in [1.165, 1.54) is 0 Å². The number of nitrogens with one attached hydrogen (secondary N) is 2. The Balaban J connectivity index is 1.95. The van der Waals surface area contributed by atoms with Crippen molar-refractivity contribution in [3.8, 4) is 0 Å². The number of nitrogen functional groups attached to an aromatic ring is 1. The second-order valence-corrected chi connectivity index (χ2v) is 4.36. The van der Waals surface area contributed by atoms with Crippen molar-refractivity contribution < 1.29 is 4.79 Å². The molecule has 1 atom stereocenters. The van der Waals surface area contributed by atoms with E-state index >= 15 is 0 Å². The predicted molar refractivity (Wildman–Crippen MR) is 77.9 cm³/mol. The second kappa shape index (κ2) is 5.91. The number of benzene rings is 2. The molecule has 0 unspecified atom stereocenters. The number of anilines is 2. The quantitative estimate of drug-likeness (QED) is 0.737. The molecule has 0 aromatic heterocycles. The number of urea groups is 1. The van der Waals surface area contributed by atoms with Gasteiger partial charge in [0.1, 0.15) is 0 Å². The summed E-state index contributed by atoms with van der Waals surface area (Å²) in [6.45, 7) is 1.94. The molecular weight excluding hydrogens is 238 g/mol. The first kappa shape index (κ1) is 13.0. The third-order valence-electron chi connectivity index (χ3n) is 2.79. The number of carbonyl (C=O) groups is 1. The highest BCUT2D eigenvalue weighted by Gasteiger charge is 2.08. The molecule has 0 heterocycles. The fourth-order valence-electron chi connectivity index (χ4n) is 1.81. The van der Waals surface area contributed by atoms with E-state index in [2.05, 4.69) is 10.6 Å². The Morgan fingerprint density at radius 2 is 1.84 bits per heavy atom. The lowest BCUT2D eigenvalue weighted by atomic mass is 10.1. The van der Waals surface area contributed by atoms with E-state index in [-0.39, 0.29) is 12.1 Å². The van der Waals surface area contributed by atoms with Gasteiger partial charge in [0.25, 0.3) is 0 Å². The zero-order chi connectivity index (χ0) is 13.7. The Kier molecular flexibility index (Phi) is 4.03. The molecule has 19 heavy (non-hydrogen) atoms. The lowest BCUT2D eigenvalue weighted by Crippen LogP contribution is -2.31. The third kappa shape index (κ3) is 3.74. The van der Waals surface area contributed by atoms with E-state index < -0.39 is 0 Å². The summed E-state index contributed by atoms with van der Waals surface area (Å²) in [6, 6.07) is 16.6. The number of hydrogen-bond acceptors (Lipinski definition) is 2. The van der Waals surface area contributed by atoms with Crippen LogP contribution in [0.25, 0.3) is 0 Å². The molecule has 2 amide bonds. The van der Waals surface area contributed by atoms with Crippen molar-refractivity contribution in [3.63, 3.8) is 0 Å². The molecule has 0 spiro atoms. The standard InChI is InChI=1S/C15H17N3O/c1-11(12-6-3-2-4-7-12)17-15(19)18-14-9-5-8-13(16)10-14/h2-11H,16H2,1H3,(H2,17,18,19)/t11-/m1/s1. The van der Waals surface area contributed by atoms with E-state index in [1.54, 1.807) is 24.3 Å². The minimum atomic E-state index is -0.248. The summed E-state index contributed by atoms with van der Waals surface area (Å²) >= 11 is 0. The summed E-state index contributed by atoms with van der Waals surface area (Å²) in [4.78, 5) is 11.8. The van der Waals surface area contributed by atoms with Crippen LogP contribution in [0.5, 0.6) is 0 Å². The van der Waals surface area contributed by atoms with Gasteiger partial charge in [0.15, 0.2) is 0 Å². The van der Waals surface area contributed by atoms with Gasteiger partial charge in [-0.3, -0.25) is 0 Å². The maximum Gasteiger partial charge on any atom is 0.319 e. The molecular formula is C15H17N3O. The fourth-order valence-corrected chi connectivity index (χ4v) is 1.81. The van der Waals surface area contributed by atoms with E-state index in [1.807, 2.05) is 37.3 Å². The van der Waals surface area contributed by atoms with Gasteiger partial charge < -0.3 is 16.4 Å². The number of amides is 2. The highest BCUT2D eigenvalue weighted by molar-refractivity contribution is 5.89. The van der Waals surface area contributed by atoms with Gasteiger partial charge in [-0.2, -0.15) is 0 Å².